The fourth-order valence-corrected chi connectivity index (χ4v) is 6.13. The van der Waals surface area contributed by atoms with Gasteiger partial charge in [-0.25, -0.2) is 18.3 Å². The normalized spacial score (nSPS) is 16.8. The molecule has 2 aliphatic heterocycles. The number of nitrogens with zero attached hydrogens (tertiary/aromatic N) is 8. The van der Waals surface area contributed by atoms with Crippen LogP contribution in [0.5, 0.6) is 0 Å². The molecular weight excluding hydrogens is 562 g/mol. The quantitative estimate of drug-likeness (QED) is 0.348. The lowest BCUT2D eigenvalue weighted by Crippen LogP contribution is -2.57. The van der Waals surface area contributed by atoms with Crippen LogP contribution in [0.3, 0.4) is 0 Å². The first-order valence-corrected chi connectivity index (χ1v) is 14.5. The molecule has 0 radical (unpaired) electrons. The van der Waals surface area contributed by atoms with E-state index in [2.05, 4.69) is 16.2 Å². The van der Waals surface area contributed by atoms with Crippen LogP contribution in [-0.2, 0) is 11.2 Å². The Morgan fingerprint density at radius 1 is 1.24 bits per heavy atom. The van der Waals surface area contributed by atoms with Crippen LogP contribution in [0.4, 0.5) is 25.3 Å². The van der Waals surface area contributed by atoms with Gasteiger partial charge in [0.25, 0.3) is 0 Å². The first kappa shape index (κ1) is 25.6. The summed E-state index contributed by atoms with van der Waals surface area (Å²) in [5.74, 6) is -1.31. The number of aliphatic hydroxyl groups is 1. The fourth-order valence-electron chi connectivity index (χ4n) is 5.28. The van der Waals surface area contributed by atoms with Crippen molar-refractivity contribution >= 4 is 39.3 Å². The number of pyridine rings is 1. The van der Waals surface area contributed by atoms with Crippen molar-refractivity contribution in [3.05, 3.63) is 58.7 Å². The van der Waals surface area contributed by atoms with Gasteiger partial charge < -0.3 is 19.8 Å². The molecule has 2 aliphatic rings. The van der Waals surface area contributed by atoms with Gasteiger partial charge in [-0.1, -0.05) is 18.3 Å². The van der Waals surface area contributed by atoms with Crippen LogP contribution in [0.1, 0.15) is 20.2 Å². The molecule has 0 saturated carbocycles. The summed E-state index contributed by atoms with van der Waals surface area (Å²) in [6, 6.07) is 7.74. The van der Waals surface area contributed by atoms with E-state index in [1.807, 2.05) is 11.8 Å². The number of nitriles is 1. The molecule has 2 saturated heterocycles. The largest absolute Gasteiger partial charge is 0.389 e. The Bertz CT molecular complexity index is 1780. The number of aromatic nitrogens is 3. The molecule has 6 rings (SSSR count). The number of rotatable bonds is 7. The minimum absolute atomic E-state index is 0.000369. The Hall–Kier alpha value is -4.12. The van der Waals surface area contributed by atoms with Gasteiger partial charge >= 0.3 is 0 Å². The third-order valence-electron chi connectivity index (χ3n) is 7.63. The number of piperazine rings is 1. The average Bonchev–Trinajstić information content (AvgIpc) is 3.62. The van der Waals surface area contributed by atoms with Gasteiger partial charge in [-0.05, 0) is 36.7 Å². The number of thiazole rings is 1. The molecule has 13 heteroatoms. The molecule has 42 heavy (non-hydrogen) atoms. The highest BCUT2D eigenvalue weighted by atomic mass is 32.1. The van der Waals surface area contributed by atoms with Crippen molar-refractivity contribution in [1.82, 2.24) is 24.4 Å². The number of benzene rings is 1. The number of aliphatic hydroxyl groups excluding tert-OH is 1. The zero-order chi connectivity index (χ0) is 31.3. The number of carbonyl (C=O) groups excluding carboxylic acids is 1. The number of anilines is 3. The Morgan fingerprint density at radius 3 is 2.60 bits per heavy atom. The van der Waals surface area contributed by atoms with Crippen molar-refractivity contribution in [1.29, 1.82) is 5.26 Å². The van der Waals surface area contributed by atoms with Crippen molar-refractivity contribution in [2.75, 3.05) is 62.7 Å². The summed E-state index contributed by atoms with van der Waals surface area (Å²) in [4.78, 5) is 24.5. The summed E-state index contributed by atoms with van der Waals surface area (Å²) < 4.78 is 48.2. The van der Waals surface area contributed by atoms with Crippen molar-refractivity contribution in [2.24, 2.45) is 0 Å². The number of halogens is 2. The fraction of sp³-hybridized carbons (Fsp3) is 0.379. The number of hydrogen-bond acceptors (Lipinski definition) is 9. The summed E-state index contributed by atoms with van der Waals surface area (Å²) in [5.41, 5.74) is 2.24. The van der Waals surface area contributed by atoms with Crippen LogP contribution in [0.15, 0.2) is 36.5 Å². The third-order valence-corrected chi connectivity index (χ3v) is 8.67. The van der Waals surface area contributed by atoms with E-state index in [-0.39, 0.29) is 29.7 Å². The Labute approximate surface area is 248 Å². The number of hydrogen-bond donors (Lipinski definition) is 1. The standard InChI is InChI=1S/C29H30F2N8O2S/c1-3-22-28(35(2)29-33-27(25(13-32)42-29)18-4-6-19(30)7-5-18)24-12-23(21(31)16-39(24)34-22)37-10-8-36(9-11-37)17-26(41)38-14-20(40)15-38/h4-7,12,16,20,40H,3,8-11,14-15,17H2,1-2H3/i12D,16D. The predicted octanol–water partition coefficient (Wildman–Crippen LogP) is 3.26. The molecular formula is C29H30F2N8O2S. The first-order valence-electron chi connectivity index (χ1n) is 14.6. The van der Waals surface area contributed by atoms with E-state index in [9.17, 15) is 19.6 Å². The molecule has 4 aromatic rings. The van der Waals surface area contributed by atoms with Crippen LogP contribution in [0.2, 0.25) is 0 Å². The highest BCUT2D eigenvalue weighted by Crippen LogP contribution is 2.39. The molecule has 1 N–H and O–H groups in total. The lowest BCUT2D eigenvalue weighted by atomic mass is 10.1. The molecule has 0 aliphatic carbocycles. The second-order valence-corrected chi connectivity index (χ2v) is 11.4. The number of fused-ring (bicyclic) bond motifs is 1. The van der Waals surface area contributed by atoms with Crippen molar-refractivity contribution < 1.29 is 21.4 Å². The van der Waals surface area contributed by atoms with Gasteiger partial charge in [-0.3, -0.25) is 9.69 Å². The van der Waals surface area contributed by atoms with Gasteiger partial charge in [0.05, 0.1) is 44.1 Å². The van der Waals surface area contributed by atoms with E-state index < -0.39 is 23.9 Å². The first-order chi connectivity index (χ1) is 21.1. The summed E-state index contributed by atoms with van der Waals surface area (Å²) in [6.45, 7) is 4.40. The SMILES string of the molecule is [2H]c1c(N2CCN(CC(=O)N3CC(O)C3)CC2)c(F)c([2H])n2nc(CC)c(N(C)c3nc(-c4ccc(F)cc4)c(C#N)s3)c12. The van der Waals surface area contributed by atoms with Gasteiger partial charge in [0.2, 0.25) is 5.91 Å². The number of carbonyl (C=O) groups is 1. The minimum atomic E-state index is -0.847. The van der Waals surface area contributed by atoms with Crippen LogP contribution < -0.4 is 9.80 Å². The molecule has 1 aromatic carbocycles. The van der Waals surface area contributed by atoms with Crippen molar-refractivity contribution in [2.45, 2.75) is 19.4 Å². The molecule has 0 spiro atoms. The van der Waals surface area contributed by atoms with E-state index in [0.29, 0.717) is 78.3 Å². The van der Waals surface area contributed by atoms with E-state index in [1.54, 1.807) is 33.9 Å². The zero-order valence-corrected chi connectivity index (χ0v) is 24.0. The maximum Gasteiger partial charge on any atom is 0.236 e. The van der Waals surface area contributed by atoms with Gasteiger partial charge in [-0.15, -0.1) is 0 Å². The van der Waals surface area contributed by atoms with Crippen molar-refractivity contribution in [3.63, 3.8) is 0 Å². The molecule has 3 aromatic heterocycles. The molecule has 0 atom stereocenters. The van der Waals surface area contributed by atoms with Crippen LogP contribution in [0.25, 0.3) is 16.8 Å². The molecule has 0 bridgehead atoms. The molecule has 0 unspecified atom stereocenters. The summed E-state index contributed by atoms with van der Waals surface area (Å²) in [6.07, 6.45) is -0.512. The Balaban J connectivity index is 1.33. The second-order valence-electron chi connectivity index (χ2n) is 10.4. The summed E-state index contributed by atoms with van der Waals surface area (Å²) >= 11 is 1.13. The van der Waals surface area contributed by atoms with Crippen LogP contribution >= 0.6 is 11.3 Å². The third kappa shape index (κ3) is 5.17. The Kier molecular flexibility index (Phi) is 6.87. The van der Waals surface area contributed by atoms with Gasteiger partial charge in [0, 0.05) is 51.9 Å². The minimum Gasteiger partial charge on any atom is -0.389 e. The molecule has 5 heterocycles. The smallest absolute Gasteiger partial charge is 0.236 e. The Morgan fingerprint density at radius 2 is 1.95 bits per heavy atom. The van der Waals surface area contributed by atoms with E-state index in [4.69, 9.17) is 2.74 Å². The highest BCUT2D eigenvalue weighted by molar-refractivity contribution is 7.16. The monoisotopic (exact) mass is 594 g/mol. The molecule has 2 fully saturated rings. The second kappa shape index (κ2) is 11.3. The van der Waals surface area contributed by atoms with Crippen molar-refractivity contribution in [3.8, 4) is 17.3 Å². The molecule has 218 valence electrons. The lowest BCUT2D eigenvalue weighted by molar-refractivity contribution is -0.142. The van der Waals surface area contributed by atoms with Crippen LogP contribution in [-0.4, -0.2) is 94.4 Å². The van der Waals surface area contributed by atoms with E-state index in [0.717, 1.165) is 15.9 Å². The van der Waals surface area contributed by atoms with Gasteiger partial charge in [0.15, 0.2) is 10.9 Å². The number of amides is 1. The number of β-amino-alcohol motifs (C(OH)–C–C–N with tert-alkyl or cyclic N) is 1. The van der Waals surface area contributed by atoms with Gasteiger partial charge in [-0.2, -0.15) is 10.4 Å². The average molecular weight is 595 g/mol. The maximum absolute atomic E-state index is 15.8. The van der Waals surface area contributed by atoms with E-state index >= 15 is 4.39 Å². The topological polar surface area (TPSA) is 104 Å². The highest BCUT2D eigenvalue weighted by Gasteiger charge is 2.31. The molecule has 10 nitrogen and oxygen atoms in total. The zero-order valence-electron chi connectivity index (χ0n) is 25.1. The van der Waals surface area contributed by atoms with Gasteiger partial charge in [0.1, 0.15) is 22.5 Å². The summed E-state index contributed by atoms with van der Waals surface area (Å²) in [7, 11) is 1.73. The number of likely N-dealkylation sites (tertiary alicyclic amines) is 1. The maximum atomic E-state index is 15.8. The lowest BCUT2D eigenvalue weighted by Gasteiger charge is -2.39. The van der Waals surface area contributed by atoms with Crippen LogP contribution in [0, 0.1) is 23.0 Å². The molecule has 1 amide bonds. The summed E-state index contributed by atoms with van der Waals surface area (Å²) in [5, 5.41) is 24.2. The number of aryl methyl sites for hydroxylation is 1. The predicted molar refractivity (Wildman–Crippen MR) is 156 cm³/mol. The van der Waals surface area contributed by atoms with E-state index in [1.165, 1.54) is 12.1 Å².